The van der Waals surface area contributed by atoms with Crippen molar-refractivity contribution in [3.63, 3.8) is 0 Å². The van der Waals surface area contributed by atoms with Crippen molar-refractivity contribution in [2.45, 2.75) is 5.92 Å². The zero-order chi connectivity index (χ0) is 14.0. The SMILES string of the molecule is N#CC1=C(O)NC(=O)C(C#N)C1c1ccccc1Cl. The van der Waals surface area contributed by atoms with Gasteiger partial charge in [0.2, 0.25) is 11.8 Å². The molecule has 0 radical (unpaired) electrons. The van der Waals surface area contributed by atoms with Crippen LogP contribution in [0.5, 0.6) is 0 Å². The Balaban J connectivity index is 2.66. The first-order chi connectivity index (χ1) is 9.10. The predicted octanol–water partition coefficient (Wildman–Crippen LogP) is 1.99. The van der Waals surface area contributed by atoms with Crippen molar-refractivity contribution < 1.29 is 9.90 Å². The van der Waals surface area contributed by atoms with E-state index in [9.17, 15) is 9.90 Å². The number of rotatable bonds is 1. The number of benzene rings is 1. The van der Waals surface area contributed by atoms with Gasteiger partial charge in [0.15, 0.2) is 0 Å². The summed E-state index contributed by atoms with van der Waals surface area (Å²) >= 11 is 6.04. The number of hydrogen-bond donors (Lipinski definition) is 2. The van der Waals surface area contributed by atoms with Crippen LogP contribution in [0.1, 0.15) is 11.5 Å². The minimum absolute atomic E-state index is 0.0701. The molecule has 19 heavy (non-hydrogen) atoms. The van der Waals surface area contributed by atoms with Crippen LogP contribution in [0, 0.1) is 28.6 Å². The second-order valence-electron chi connectivity index (χ2n) is 3.97. The van der Waals surface area contributed by atoms with Gasteiger partial charge in [-0.3, -0.25) is 10.1 Å². The van der Waals surface area contributed by atoms with Gasteiger partial charge in [-0.1, -0.05) is 29.8 Å². The van der Waals surface area contributed by atoms with E-state index in [0.717, 1.165) is 0 Å². The van der Waals surface area contributed by atoms with E-state index in [0.29, 0.717) is 10.6 Å². The molecule has 0 saturated heterocycles. The van der Waals surface area contributed by atoms with Crippen LogP contribution in [0.25, 0.3) is 0 Å². The highest BCUT2D eigenvalue weighted by Crippen LogP contribution is 2.38. The van der Waals surface area contributed by atoms with E-state index in [2.05, 4.69) is 5.32 Å². The summed E-state index contributed by atoms with van der Waals surface area (Å²) in [7, 11) is 0. The van der Waals surface area contributed by atoms with Crippen LogP contribution in [0.15, 0.2) is 35.7 Å². The first-order valence-electron chi connectivity index (χ1n) is 5.38. The molecule has 2 rings (SSSR count). The summed E-state index contributed by atoms with van der Waals surface area (Å²) in [6.07, 6.45) is 0. The van der Waals surface area contributed by atoms with Crippen LogP contribution in [-0.2, 0) is 4.79 Å². The number of carbonyl (C=O) groups is 1. The molecule has 2 atom stereocenters. The maximum absolute atomic E-state index is 11.7. The largest absolute Gasteiger partial charge is 0.494 e. The Morgan fingerprint density at radius 2 is 2.00 bits per heavy atom. The third kappa shape index (κ3) is 2.12. The summed E-state index contributed by atoms with van der Waals surface area (Å²) in [6.45, 7) is 0. The van der Waals surface area contributed by atoms with E-state index in [1.165, 1.54) is 0 Å². The third-order valence-corrected chi connectivity index (χ3v) is 3.27. The highest BCUT2D eigenvalue weighted by Gasteiger charge is 2.40. The zero-order valence-corrected chi connectivity index (χ0v) is 10.3. The maximum atomic E-state index is 11.7. The molecular weight excluding hydrogens is 266 g/mol. The Hall–Kier alpha value is -2.50. The topological polar surface area (TPSA) is 96.9 Å². The fraction of sp³-hybridized carbons (Fsp3) is 0.154. The van der Waals surface area contributed by atoms with Gasteiger partial charge in [-0.05, 0) is 11.6 Å². The summed E-state index contributed by atoms with van der Waals surface area (Å²) in [6, 6.07) is 10.3. The van der Waals surface area contributed by atoms with Crippen LogP contribution >= 0.6 is 11.6 Å². The lowest BCUT2D eigenvalue weighted by Crippen LogP contribution is -2.39. The Kier molecular flexibility index (Phi) is 3.41. The first-order valence-corrected chi connectivity index (χ1v) is 5.76. The fourth-order valence-electron chi connectivity index (χ4n) is 2.05. The number of hydrogen-bond acceptors (Lipinski definition) is 4. The Morgan fingerprint density at radius 3 is 2.58 bits per heavy atom. The molecule has 1 aliphatic heterocycles. The molecule has 0 bridgehead atoms. The molecule has 1 amide bonds. The van der Waals surface area contributed by atoms with Crippen molar-refractivity contribution in [1.82, 2.24) is 5.32 Å². The van der Waals surface area contributed by atoms with E-state index < -0.39 is 23.6 Å². The predicted molar refractivity (Wildman–Crippen MR) is 66.7 cm³/mol. The number of allylic oxidation sites excluding steroid dienone is 1. The van der Waals surface area contributed by atoms with Crippen LogP contribution in [0.2, 0.25) is 5.02 Å². The molecule has 0 aromatic heterocycles. The summed E-state index contributed by atoms with van der Waals surface area (Å²) in [5.41, 5.74) is 0.396. The number of nitriles is 2. The fourth-order valence-corrected chi connectivity index (χ4v) is 2.30. The monoisotopic (exact) mass is 273 g/mol. The molecule has 1 aliphatic rings. The van der Waals surface area contributed by atoms with Crippen molar-refractivity contribution in [3.8, 4) is 12.1 Å². The van der Waals surface area contributed by atoms with E-state index in [1.54, 1.807) is 24.3 Å². The van der Waals surface area contributed by atoms with Gasteiger partial charge in [0.1, 0.15) is 12.0 Å². The number of amides is 1. The normalized spacial score (nSPS) is 22.4. The first kappa shape index (κ1) is 12.9. The van der Waals surface area contributed by atoms with Crippen molar-refractivity contribution in [1.29, 1.82) is 10.5 Å². The molecule has 5 nitrogen and oxygen atoms in total. The van der Waals surface area contributed by atoms with Crippen LogP contribution in [0.3, 0.4) is 0 Å². The van der Waals surface area contributed by atoms with Gasteiger partial charge in [0.25, 0.3) is 0 Å². The molecule has 0 spiro atoms. The lowest BCUT2D eigenvalue weighted by Gasteiger charge is -2.27. The number of nitrogens with zero attached hydrogens (tertiary/aromatic N) is 2. The van der Waals surface area contributed by atoms with E-state index in [-0.39, 0.29) is 5.57 Å². The number of carbonyl (C=O) groups excluding carboxylic acids is 1. The molecule has 0 aliphatic carbocycles. The minimum atomic E-state index is -1.11. The number of halogens is 1. The zero-order valence-electron chi connectivity index (χ0n) is 9.59. The Labute approximate surface area is 114 Å². The molecule has 2 unspecified atom stereocenters. The Morgan fingerprint density at radius 1 is 1.32 bits per heavy atom. The smallest absolute Gasteiger partial charge is 0.245 e. The molecular formula is C13H8ClN3O2. The lowest BCUT2D eigenvalue weighted by atomic mass is 9.79. The van der Waals surface area contributed by atoms with Crippen molar-refractivity contribution in [2.24, 2.45) is 5.92 Å². The molecule has 94 valence electrons. The van der Waals surface area contributed by atoms with Gasteiger partial charge >= 0.3 is 0 Å². The molecule has 2 N–H and O–H groups in total. The summed E-state index contributed by atoms with van der Waals surface area (Å²) in [4.78, 5) is 11.7. The second-order valence-corrected chi connectivity index (χ2v) is 4.38. The number of aliphatic hydroxyl groups excluding tert-OH is 1. The van der Waals surface area contributed by atoms with E-state index in [1.807, 2.05) is 12.1 Å². The van der Waals surface area contributed by atoms with Crippen molar-refractivity contribution in [3.05, 3.63) is 46.3 Å². The lowest BCUT2D eigenvalue weighted by molar-refractivity contribution is -0.124. The Bertz CT molecular complexity index is 655. The molecule has 0 fully saturated rings. The highest BCUT2D eigenvalue weighted by atomic mass is 35.5. The average molecular weight is 274 g/mol. The second kappa shape index (κ2) is 5.01. The van der Waals surface area contributed by atoms with Crippen molar-refractivity contribution in [2.75, 3.05) is 0 Å². The van der Waals surface area contributed by atoms with Gasteiger partial charge in [-0.15, -0.1) is 0 Å². The van der Waals surface area contributed by atoms with Crippen LogP contribution in [0.4, 0.5) is 0 Å². The molecule has 1 aromatic carbocycles. The van der Waals surface area contributed by atoms with Crippen molar-refractivity contribution >= 4 is 17.5 Å². The number of aliphatic hydroxyl groups is 1. The minimum Gasteiger partial charge on any atom is -0.494 e. The molecule has 1 heterocycles. The highest BCUT2D eigenvalue weighted by molar-refractivity contribution is 6.31. The summed E-state index contributed by atoms with van der Waals surface area (Å²) in [5.74, 6) is -3.14. The van der Waals surface area contributed by atoms with Gasteiger partial charge in [0, 0.05) is 5.02 Å². The molecule has 1 aromatic rings. The van der Waals surface area contributed by atoms with Gasteiger partial charge in [-0.25, -0.2) is 0 Å². The van der Waals surface area contributed by atoms with Crippen LogP contribution in [-0.4, -0.2) is 11.0 Å². The molecule has 6 heteroatoms. The maximum Gasteiger partial charge on any atom is 0.245 e. The number of nitrogens with one attached hydrogen (secondary N) is 1. The summed E-state index contributed by atoms with van der Waals surface area (Å²) < 4.78 is 0. The quantitative estimate of drug-likeness (QED) is 0.817. The standard InChI is InChI=1S/C13H8ClN3O2/c14-10-4-2-1-3-7(10)11-8(5-15)12(18)17-13(19)9(11)6-16/h1-4,8,11,19H,(H,17,18). The van der Waals surface area contributed by atoms with Gasteiger partial charge < -0.3 is 5.11 Å². The van der Waals surface area contributed by atoms with E-state index >= 15 is 0 Å². The average Bonchev–Trinajstić information content (AvgIpc) is 2.38. The summed E-state index contributed by atoms with van der Waals surface area (Å²) in [5, 5.41) is 30.3. The van der Waals surface area contributed by atoms with E-state index in [4.69, 9.17) is 22.1 Å². The molecule has 0 saturated carbocycles. The van der Waals surface area contributed by atoms with Gasteiger partial charge in [0.05, 0.1) is 17.6 Å². The van der Waals surface area contributed by atoms with Crippen LogP contribution < -0.4 is 5.32 Å². The van der Waals surface area contributed by atoms with Gasteiger partial charge in [-0.2, -0.15) is 10.5 Å². The third-order valence-electron chi connectivity index (χ3n) is 2.92.